The molecular formula is C15H22FNO2. The number of hydrogen-bond acceptors (Lipinski definition) is 3. The van der Waals surface area contributed by atoms with Crippen molar-refractivity contribution in [3.63, 3.8) is 0 Å². The highest BCUT2D eigenvalue weighted by Gasteiger charge is 2.28. The third-order valence-electron chi connectivity index (χ3n) is 3.69. The summed E-state index contributed by atoms with van der Waals surface area (Å²) in [5.41, 5.74) is 0.213. The molecule has 0 bridgehead atoms. The van der Waals surface area contributed by atoms with E-state index in [-0.39, 0.29) is 0 Å². The van der Waals surface area contributed by atoms with Gasteiger partial charge >= 0.3 is 0 Å². The molecule has 3 nitrogen and oxygen atoms in total. The largest absolute Gasteiger partial charge is 0.496 e. The third-order valence-corrected chi connectivity index (χ3v) is 3.69. The van der Waals surface area contributed by atoms with E-state index >= 15 is 0 Å². The first-order chi connectivity index (χ1) is 8.97. The first kappa shape index (κ1) is 14.1. The van der Waals surface area contributed by atoms with Crippen molar-refractivity contribution in [1.82, 2.24) is 5.32 Å². The Hall–Kier alpha value is -1.29. The van der Waals surface area contributed by atoms with Gasteiger partial charge in [-0.25, -0.2) is 4.39 Å². The fourth-order valence-corrected chi connectivity index (χ4v) is 2.63. The second kappa shape index (κ2) is 5.37. The van der Waals surface area contributed by atoms with Gasteiger partial charge in [0.05, 0.1) is 14.2 Å². The van der Waals surface area contributed by atoms with Crippen LogP contribution in [0.15, 0.2) is 12.1 Å². The fraction of sp³-hybridized carbons (Fsp3) is 0.600. The first-order valence-corrected chi connectivity index (χ1v) is 6.63. The highest BCUT2D eigenvalue weighted by atomic mass is 19.1. The van der Waals surface area contributed by atoms with Gasteiger partial charge in [-0.2, -0.15) is 0 Å². The first-order valence-electron chi connectivity index (χ1n) is 6.63. The molecule has 0 aliphatic carbocycles. The number of hydrogen-bond donors (Lipinski definition) is 1. The molecule has 4 heteroatoms. The summed E-state index contributed by atoms with van der Waals surface area (Å²) in [6, 6.07) is 3.69. The van der Waals surface area contributed by atoms with Crippen molar-refractivity contribution in [2.75, 3.05) is 27.3 Å². The summed E-state index contributed by atoms with van der Waals surface area (Å²) >= 11 is 0. The Morgan fingerprint density at radius 3 is 2.37 bits per heavy atom. The Labute approximate surface area is 114 Å². The molecule has 19 heavy (non-hydrogen) atoms. The number of nitrogens with one attached hydrogen (secondary N) is 1. The van der Waals surface area contributed by atoms with Crippen molar-refractivity contribution in [3.05, 3.63) is 23.3 Å². The van der Waals surface area contributed by atoms with E-state index in [1.165, 1.54) is 0 Å². The van der Waals surface area contributed by atoms with Crippen LogP contribution in [0.1, 0.15) is 37.3 Å². The van der Waals surface area contributed by atoms with Crippen molar-refractivity contribution in [1.29, 1.82) is 0 Å². The van der Waals surface area contributed by atoms with Gasteiger partial charge in [0.25, 0.3) is 0 Å². The number of halogens is 1. The Morgan fingerprint density at radius 1 is 1.21 bits per heavy atom. The van der Waals surface area contributed by atoms with E-state index in [0.717, 1.165) is 30.8 Å². The molecule has 1 aliphatic heterocycles. The van der Waals surface area contributed by atoms with Gasteiger partial charge in [0.2, 0.25) is 0 Å². The van der Waals surface area contributed by atoms with E-state index in [4.69, 9.17) is 9.47 Å². The van der Waals surface area contributed by atoms with Gasteiger partial charge in [0, 0.05) is 24.1 Å². The van der Waals surface area contributed by atoms with Gasteiger partial charge in [-0.1, -0.05) is 0 Å². The fourth-order valence-electron chi connectivity index (χ4n) is 2.63. The predicted octanol–water partition coefficient (Wildman–Crippen LogP) is 2.99. The third kappa shape index (κ3) is 2.84. The lowest BCUT2D eigenvalue weighted by Gasteiger charge is -2.23. The second-order valence-corrected chi connectivity index (χ2v) is 5.46. The molecule has 106 valence electrons. The topological polar surface area (TPSA) is 30.5 Å². The Morgan fingerprint density at radius 2 is 1.89 bits per heavy atom. The van der Waals surface area contributed by atoms with Crippen LogP contribution in [0.5, 0.6) is 11.5 Å². The van der Waals surface area contributed by atoms with Crippen molar-refractivity contribution < 1.29 is 13.9 Å². The van der Waals surface area contributed by atoms with E-state index in [1.54, 1.807) is 34.1 Å². The summed E-state index contributed by atoms with van der Waals surface area (Å²) in [6.07, 6.45) is 1.05. The zero-order valence-corrected chi connectivity index (χ0v) is 12.0. The molecule has 1 unspecified atom stereocenters. The van der Waals surface area contributed by atoms with Crippen LogP contribution < -0.4 is 14.8 Å². The van der Waals surface area contributed by atoms with Crippen LogP contribution >= 0.6 is 0 Å². The van der Waals surface area contributed by atoms with Crippen LogP contribution in [0.25, 0.3) is 0 Å². The highest BCUT2D eigenvalue weighted by molar-refractivity contribution is 5.50. The summed E-state index contributed by atoms with van der Waals surface area (Å²) in [5, 5.41) is 3.33. The van der Waals surface area contributed by atoms with Crippen LogP contribution in [0.2, 0.25) is 0 Å². The Bertz CT molecular complexity index is 448. The lowest BCUT2D eigenvalue weighted by atomic mass is 9.90. The average Bonchev–Trinajstić information content (AvgIpc) is 2.89. The molecule has 1 aliphatic rings. The smallest absolute Gasteiger partial charge is 0.134 e. The van der Waals surface area contributed by atoms with Crippen molar-refractivity contribution >= 4 is 0 Å². The van der Waals surface area contributed by atoms with Gasteiger partial charge in [-0.3, -0.25) is 0 Å². The number of methoxy groups -OCH3 is 2. The second-order valence-electron chi connectivity index (χ2n) is 5.46. The molecule has 1 saturated heterocycles. The van der Waals surface area contributed by atoms with Crippen molar-refractivity contribution in [3.8, 4) is 11.5 Å². The monoisotopic (exact) mass is 267 g/mol. The molecule has 0 aromatic heterocycles. The minimum Gasteiger partial charge on any atom is -0.496 e. The highest BCUT2D eigenvalue weighted by Crippen LogP contribution is 2.41. The molecule has 1 heterocycles. The zero-order chi connectivity index (χ0) is 14.0. The molecule has 1 fully saturated rings. The lowest BCUT2D eigenvalue weighted by Crippen LogP contribution is -2.14. The number of alkyl halides is 1. The van der Waals surface area contributed by atoms with Gasteiger partial charge in [-0.15, -0.1) is 0 Å². The Kier molecular flexibility index (Phi) is 3.99. The van der Waals surface area contributed by atoms with Crippen LogP contribution in [0.4, 0.5) is 4.39 Å². The molecule has 0 spiro atoms. The van der Waals surface area contributed by atoms with Gasteiger partial charge in [0.1, 0.15) is 17.2 Å². The number of ether oxygens (including phenoxy) is 2. The molecule has 1 aromatic carbocycles. The van der Waals surface area contributed by atoms with E-state index < -0.39 is 5.67 Å². The lowest BCUT2D eigenvalue weighted by molar-refractivity contribution is 0.213. The number of benzene rings is 1. The van der Waals surface area contributed by atoms with E-state index in [9.17, 15) is 4.39 Å². The Balaban J connectivity index is 2.52. The van der Waals surface area contributed by atoms with Gasteiger partial charge in [0.15, 0.2) is 0 Å². The molecule has 0 amide bonds. The van der Waals surface area contributed by atoms with Gasteiger partial charge < -0.3 is 14.8 Å². The summed E-state index contributed by atoms with van der Waals surface area (Å²) < 4.78 is 25.1. The maximum atomic E-state index is 14.3. The maximum absolute atomic E-state index is 14.3. The summed E-state index contributed by atoms with van der Waals surface area (Å²) in [4.78, 5) is 0. The molecular weight excluding hydrogens is 245 g/mol. The van der Waals surface area contributed by atoms with Gasteiger partial charge in [-0.05, 0) is 38.4 Å². The predicted molar refractivity (Wildman–Crippen MR) is 73.9 cm³/mol. The molecule has 1 aromatic rings. The van der Waals surface area contributed by atoms with Crippen LogP contribution in [-0.4, -0.2) is 27.3 Å². The molecule has 1 N–H and O–H groups in total. The normalized spacial score (nSPS) is 19.5. The van der Waals surface area contributed by atoms with Crippen LogP contribution in [-0.2, 0) is 5.67 Å². The van der Waals surface area contributed by atoms with Crippen molar-refractivity contribution in [2.24, 2.45) is 0 Å². The average molecular weight is 267 g/mol. The quantitative estimate of drug-likeness (QED) is 0.909. The maximum Gasteiger partial charge on any atom is 0.134 e. The summed E-state index contributed by atoms with van der Waals surface area (Å²) in [7, 11) is 3.20. The van der Waals surface area contributed by atoms with E-state index in [0.29, 0.717) is 17.2 Å². The number of rotatable bonds is 4. The zero-order valence-electron chi connectivity index (χ0n) is 12.0. The van der Waals surface area contributed by atoms with Crippen LogP contribution in [0, 0.1) is 0 Å². The summed E-state index contributed by atoms with van der Waals surface area (Å²) in [6.45, 7) is 5.01. The molecule has 0 saturated carbocycles. The van der Waals surface area contributed by atoms with E-state index in [1.807, 2.05) is 6.07 Å². The van der Waals surface area contributed by atoms with E-state index in [2.05, 4.69) is 5.32 Å². The SMILES string of the molecule is COc1cc(OC)c(C(C)(C)F)cc1C1CCNC1. The minimum atomic E-state index is -1.43. The minimum absolute atomic E-state index is 0.377. The summed E-state index contributed by atoms with van der Waals surface area (Å²) in [5.74, 6) is 1.69. The molecule has 1 atom stereocenters. The standard InChI is InChI=1S/C15H22FNO2/c1-15(2,16)12-7-11(10-5-6-17-9-10)13(18-3)8-14(12)19-4/h7-8,10,17H,5-6,9H2,1-4H3. The van der Waals surface area contributed by atoms with Crippen molar-refractivity contribution in [2.45, 2.75) is 31.9 Å². The molecule has 0 radical (unpaired) electrons. The molecule has 2 rings (SSSR count). The van der Waals surface area contributed by atoms with Crippen LogP contribution in [0.3, 0.4) is 0 Å².